The minimum atomic E-state index is 0.296. The maximum Gasteiger partial charge on any atom is 0.178 e. The molecule has 0 aliphatic heterocycles. The van der Waals surface area contributed by atoms with Crippen LogP contribution >= 0.6 is 23.4 Å². The van der Waals surface area contributed by atoms with Crippen LogP contribution in [0.4, 0.5) is 0 Å². The van der Waals surface area contributed by atoms with E-state index in [1.165, 1.54) is 0 Å². The van der Waals surface area contributed by atoms with Crippen molar-refractivity contribution in [3.05, 3.63) is 29.4 Å². The summed E-state index contributed by atoms with van der Waals surface area (Å²) < 4.78 is 1.91. The summed E-state index contributed by atoms with van der Waals surface area (Å²) in [6.45, 7) is 4.16. The van der Waals surface area contributed by atoms with Gasteiger partial charge in [0.05, 0.1) is 16.3 Å². The Hall–Kier alpha value is -1.60. The molecule has 3 heterocycles. The fraction of sp³-hybridized carbons (Fsp3) is 0.333. The molecular formula is C12H13ClN6S. The molecule has 0 aromatic carbocycles. The lowest BCUT2D eigenvalue weighted by Crippen LogP contribution is -2.07. The predicted octanol–water partition coefficient (Wildman–Crippen LogP) is 3.08. The van der Waals surface area contributed by atoms with Gasteiger partial charge >= 0.3 is 0 Å². The molecule has 3 rings (SSSR count). The van der Waals surface area contributed by atoms with Crippen LogP contribution in [0.5, 0.6) is 0 Å². The molecule has 0 atom stereocenters. The first-order valence-electron chi connectivity index (χ1n) is 6.16. The monoisotopic (exact) mass is 308 g/mol. The van der Waals surface area contributed by atoms with Crippen LogP contribution in [0, 0.1) is 0 Å². The van der Waals surface area contributed by atoms with E-state index in [0.717, 1.165) is 16.5 Å². The van der Waals surface area contributed by atoms with Gasteiger partial charge in [-0.2, -0.15) is 5.10 Å². The van der Waals surface area contributed by atoms with Gasteiger partial charge in [-0.25, -0.2) is 19.6 Å². The van der Waals surface area contributed by atoms with Crippen LogP contribution in [0.25, 0.3) is 11.2 Å². The van der Waals surface area contributed by atoms with E-state index in [-0.39, 0.29) is 0 Å². The number of halogens is 1. The van der Waals surface area contributed by atoms with Gasteiger partial charge < -0.3 is 4.98 Å². The normalized spacial score (nSPS) is 11.6. The van der Waals surface area contributed by atoms with Crippen molar-refractivity contribution in [3.63, 3.8) is 0 Å². The highest BCUT2D eigenvalue weighted by atomic mass is 35.5. The quantitative estimate of drug-likeness (QED) is 0.750. The average molecular weight is 309 g/mol. The Labute approximate surface area is 125 Å². The number of hydrogen-bond donors (Lipinski definition) is 1. The fourth-order valence-corrected chi connectivity index (χ4v) is 2.83. The van der Waals surface area contributed by atoms with Crippen molar-refractivity contribution in [2.75, 3.05) is 0 Å². The SMILES string of the molecule is CC(C)n1ncnc1CSc1nc2ncc(Cl)cc2[nH]1. The van der Waals surface area contributed by atoms with Crippen molar-refractivity contribution in [3.8, 4) is 0 Å². The second-order valence-electron chi connectivity index (χ2n) is 4.57. The van der Waals surface area contributed by atoms with Gasteiger partial charge in [0.1, 0.15) is 12.2 Å². The lowest BCUT2D eigenvalue weighted by Gasteiger charge is -2.07. The van der Waals surface area contributed by atoms with Crippen LogP contribution in [-0.2, 0) is 5.75 Å². The van der Waals surface area contributed by atoms with Crippen LogP contribution in [0.3, 0.4) is 0 Å². The molecule has 0 spiro atoms. The molecule has 0 aliphatic carbocycles. The van der Waals surface area contributed by atoms with E-state index in [1.54, 1.807) is 24.3 Å². The van der Waals surface area contributed by atoms with Gasteiger partial charge in [0, 0.05) is 12.2 Å². The largest absolute Gasteiger partial charge is 0.331 e. The van der Waals surface area contributed by atoms with Crippen LogP contribution in [0.15, 0.2) is 23.7 Å². The number of fused-ring (bicyclic) bond motifs is 1. The van der Waals surface area contributed by atoms with Crippen molar-refractivity contribution < 1.29 is 0 Å². The molecule has 0 unspecified atom stereocenters. The van der Waals surface area contributed by atoms with Crippen molar-refractivity contribution >= 4 is 34.5 Å². The number of aromatic amines is 1. The van der Waals surface area contributed by atoms with Crippen molar-refractivity contribution in [1.29, 1.82) is 0 Å². The van der Waals surface area contributed by atoms with Gasteiger partial charge in [0.15, 0.2) is 10.8 Å². The van der Waals surface area contributed by atoms with Gasteiger partial charge in [-0.1, -0.05) is 23.4 Å². The Bertz CT molecular complexity index is 734. The van der Waals surface area contributed by atoms with Gasteiger partial charge in [0.25, 0.3) is 0 Å². The molecule has 6 nitrogen and oxygen atoms in total. The standard InChI is InChI=1S/C12H13ClN6S/c1-7(2)19-10(15-6-16-19)5-20-12-17-9-3-8(13)4-14-11(9)18-12/h3-4,6-7H,5H2,1-2H3,(H,14,17,18). The molecule has 0 aliphatic rings. The third kappa shape index (κ3) is 2.64. The zero-order valence-electron chi connectivity index (χ0n) is 11.0. The van der Waals surface area contributed by atoms with Crippen molar-refractivity contribution in [2.45, 2.75) is 30.8 Å². The number of nitrogens with zero attached hydrogens (tertiary/aromatic N) is 5. The van der Waals surface area contributed by atoms with E-state index in [9.17, 15) is 0 Å². The molecule has 0 bridgehead atoms. The van der Waals surface area contributed by atoms with E-state index < -0.39 is 0 Å². The summed E-state index contributed by atoms with van der Waals surface area (Å²) >= 11 is 7.47. The Balaban J connectivity index is 1.78. The molecule has 1 N–H and O–H groups in total. The lowest BCUT2D eigenvalue weighted by atomic mass is 10.4. The third-order valence-electron chi connectivity index (χ3n) is 2.76. The number of nitrogens with one attached hydrogen (secondary N) is 1. The van der Waals surface area contributed by atoms with Gasteiger partial charge in [-0.3, -0.25) is 0 Å². The van der Waals surface area contributed by atoms with Gasteiger partial charge in [-0.15, -0.1) is 0 Å². The zero-order valence-corrected chi connectivity index (χ0v) is 12.6. The topological polar surface area (TPSA) is 72.3 Å². The Morgan fingerprint density at radius 1 is 1.40 bits per heavy atom. The summed E-state index contributed by atoms with van der Waals surface area (Å²) in [7, 11) is 0. The lowest BCUT2D eigenvalue weighted by molar-refractivity contribution is 0.514. The second-order valence-corrected chi connectivity index (χ2v) is 5.97. The molecule has 104 valence electrons. The smallest absolute Gasteiger partial charge is 0.178 e. The van der Waals surface area contributed by atoms with Crippen LogP contribution in [-0.4, -0.2) is 29.7 Å². The number of hydrogen-bond acceptors (Lipinski definition) is 5. The molecule has 3 aromatic heterocycles. The maximum atomic E-state index is 5.90. The first-order valence-corrected chi connectivity index (χ1v) is 7.52. The van der Waals surface area contributed by atoms with Crippen molar-refractivity contribution in [1.82, 2.24) is 29.7 Å². The van der Waals surface area contributed by atoms with E-state index in [4.69, 9.17) is 11.6 Å². The molecule has 0 saturated carbocycles. The first-order chi connectivity index (χ1) is 9.63. The maximum absolute atomic E-state index is 5.90. The molecular weight excluding hydrogens is 296 g/mol. The predicted molar refractivity (Wildman–Crippen MR) is 78.9 cm³/mol. The molecule has 0 radical (unpaired) electrons. The highest BCUT2D eigenvalue weighted by molar-refractivity contribution is 7.98. The highest BCUT2D eigenvalue weighted by Gasteiger charge is 2.10. The third-order valence-corrected chi connectivity index (χ3v) is 3.83. The molecule has 0 amide bonds. The zero-order chi connectivity index (χ0) is 14.1. The summed E-state index contributed by atoms with van der Waals surface area (Å²) in [6.07, 6.45) is 3.17. The molecule has 0 fully saturated rings. The average Bonchev–Trinajstić information content (AvgIpc) is 3.01. The van der Waals surface area contributed by atoms with Crippen LogP contribution in [0.1, 0.15) is 25.7 Å². The van der Waals surface area contributed by atoms with E-state index >= 15 is 0 Å². The van der Waals surface area contributed by atoms with E-state index in [2.05, 4.69) is 38.9 Å². The summed E-state index contributed by atoms with van der Waals surface area (Å²) in [5.74, 6) is 1.63. The summed E-state index contributed by atoms with van der Waals surface area (Å²) in [5, 5.41) is 5.61. The number of rotatable bonds is 4. The van der Waals surface area contributed by atoms with Gasteiger partial charge in [-0.05, 0) is 19.9 Å². The Morgan fingerprint density at radius 3 is 3.05 bits per heavy atom. The molecule has 20 heavy (non-hydrogen) atoms. The number of pyridine rings is 1. The molecule has 8 heteroatoms. The summed E-state index contributed by atoms with van der Waals surface area (Å²) in [6, 6.07) is 2.11. The fourth-order valence-electron chi connectivity index (χ4n) is 1.86. The summed E-state index contributed by atoms with van der Waals surface area (Å²) in [4.78, 5) is 16.0. The van der Waals surface area contributed by atoms with Crippen LogP contribution in [0.2, 0.25) is 5.02 Å². The number of H-pyrrole nitrogens is 1. The summed E-state index contributed by atoms with van der Waals surface area (Å²) in [5.41, 5.74) is 1.51. The minimum absolute atomic E-state index is 0.296. The number of thioether (sulfide) groups is 1. The Morgan fingerprint density at radius 2 is 2.25 bits per heavy atom. The van der Waals surface area contributed by atoms with Crippen LogP contribution < -0.4 is 0 Å². The second kappa shape index (κ2) is 5.41. The first kappa shape index (κ1) is 13.4. The minimum Gasteiger partial charge on any atom is -0.331 e. The Kier molecular flexibility index (Phi) is 3.62. The highest BCUT2D eigenvalue weighted by Crippen LogP contribution is 2.23. The number of aromatic nitrogens is 6. The molecule has 0 saturated heterocycles. The van der Waals surface area contributed by atoms with E-state index in [0.29, 0.717) is 22.5 Å². The molecule has 3 aromatic rings. The number of imidazole rings is 1. The van der Waals surface area contributed by atoms with Gasteiger partial charge in [0.2, 0.25) is 0 Å². The van der Waals surface area contributed by atoms with E-state index in [1.807, 2.05) is 10.7 Å². The van der Waals surface area contributed by atoms with Crippen molar-refractivity contribution in [2.24, 2.45) is 0 Å².